The molecule has 1 fully saturated rings. The van der Waals surface area contributed by atoms with E-state index in [-0.39, 0.29) is 17.0 Å². The number of urea groups is 1. The minimum absolute atomic E-state index is 0.0539. The van der Waals surface area contributed by atoms with Crippen molar-refractivity contribution in [1.29, 1.82) is 0 Å². The highest BCUT2D eigenvalue weighted by atomic mass is 35.5. The molecule has 1 atom stereocenters. The molecule has 7 heteroatoms. The standard InChI is InChI=1S/C22H25ClFN3O2/c1-15-4-6-16(7-5-15)13-25-20(28)22(2)10-3-11-27(14-22)21(29)26-17-8-9-19(24)18(23)12-17/h4-9,12H,3,10-11,13-14H2,1-2H3,(H,25,28)(H,26,29)/t22-/m0/s1. The molecular weight excluding hydrogens is 393 g/mol. The van der Waals surface area contributed by atoms with Crippen LogP contribution in [0.25, 0.3) is 0 Å². The summed E-state index contributed by atoms with van der Waals surface area (Å²) in [5, 5.41) is 5.66. The minimum atomic E-state index is -0.666. The predicted octanol–water partition coefficient (Wildman–Crippen LogP) is 4.74. The largest absolute Gasteiger partial charge is 0.351 e. The molecule has 5 nitrogen and oxygen atoms in total. The number of nitrogens with zero attached hydrogens (tertiary/aromatic N) is 1. The highest BCUT2D eigenvalue weighted by Gasteiger charge is 2.39. The van der Waals surface area contributed by atoms with Gasteiger partial charge in [-0.1, -0.05) is 41.4 Å². The minimum Gasteiger partial charge on any atom is -0.351 e. The van der Waals surface area contributed by atoms with E-state index in [9.17, 15) is 14.0 Å². The highest BCUT2D eigenvalue weighted by Crippen LogP contribution is 2.30. The molecule has 154 valence electrons. The van der Waals surface area contributed by atoms with Gasteiger partial charge < -0.3 is 15.5 Å². The zero-order valence-corrected chi connectivity index (χ0v) is 17.4. The lowest BCUT2D eigenvalue weighted by molar-refractivity contribution is -0.132. The van der Waals surface area contributed by atoms with E-state index in [1.165, 1.54) is 23.8 Å². The second kappa shape index (κ2) is 8.82. The Balaban J connectivity index is 1.60. The van der Waals surface area contributed by atoms with Crippen LogP contribution in [-0.4, -0.2) is 29.9 Å². The van der Waals surface area contributed by atoms with E-state index in [1.807, 2.05) is 38.1 Å². The number of carbonyl (C=O) groups is 2. The van der Waals surface area contributed by atoms with Gasteiger partial charge in [0.05, 0.1) is 10.4 Å². The van der Waals surface area contributed by atoms with Gasteiger partial charge in [-0.25, -0.2) is 9.18 Å². The molecule has 0 bridgehead atoms. The predicted molar refractivity (Wildman–Crippen MR) is 112 cm³/mol. The van der Waals surface area contributed by atoms with E-state index in [4.69, 9.17) is 11.6 Å². The number of anilines is 1. The molecule has 29 heavy (non-hydrogen) atoms. The van der Waals surface area contributed by atoms with Crippen LogP contribution in [0, 0.1) is 18.2 Å². The Hall–Kier alpha value is -2.60. The van der Waals surface area contributed by atoms with E-state index in [2.05, 4.69) is 10.6 Å². The van der Waals surface area contributed by atoms with Gasteiger partial charge in [0.25, 0.3) is 0 Å². The fourth-order valence-electron chi connectivity index (χ4n) is 3.48. The lowest BCUT2D eigenvalue weighted by Gasteiger charge is -2.39. The maximum absolute atomic E-state index is 13.3. The number of amides is 3. The summed E-state index contributed by atoms with van der Waals surface area (Å²) in [6, 6.07) is 11.7. The van der Waals surface area contributed by atoms with Crippen LogP contribution in [0.4, 0.5) is 14.9 Å². The molecule has 0 radical (unpaired) electrons. The molecule has 1 aliphatic rings. The summed E-state index contributed by atoms with van der Waals surface area (Å²) in [6.07, 6.45) is 1.44. The van der Waals surface area contributed by atoms with Crippen molar-refractivity contribution in [3.05, 3.63) is 64.4 Å². The third kappa shape index (κ3) is 5.26. The fraction of sp³-hybridized carbons (Fsp3) is 0.364. The third-order valence-electron chi connectivity index (χ3n) is 5.28. The van der Waals surface area contributed by atoms with Gasteiger partial charge >= 0.3 is 6.03 Å². The van der Waals surface area contributed by atoms with Crippen LogP contribution >= 0.6 is 11.6 Å². The summed E-state index contributed by atoms with van der Waals surface area (Å²) in [7, 11) is 0. The number of halogens is 2. The number of aryl methyl sites for hydroxylation is 1. The monoisotopic (exact) mass is 417 g/mol. The van der Waals surface area contributed by atoms with Gasteiger partial charge in [-0.05, 0) is 50.5 Å². The summed E-state index contributed by atoms with van der Waals surface area (Å²) in [5.74, 6) is -0.610. The smallest absolute Gasteiger partial charge is 0.321 e. The fourth-order valence-corrected chi connectivity index (χ4v) is 3.66. The van der Waals surface area contributed by atoms with E-state index >= 15 is 0 Å². The number of hydrogen-bond acceptors (Lipinski definition) is 2. The Morgan fingerprint density at radius 1 is 1.21 bits per heavy atom. The first-order chi connectivity index (χ1) is 13.8. The average molecular weight is 418 g/mol. The van der Waals surface area contributed by atoms with Crippen molar-refractivity contribution in [3.8, 4) is 0 Å². The quantitative estimate of drug-likeness (QED) is 0.754. The van der Waals surface area contributed by atoms with E-state index in [0.29, 0.717) is 31.7 Å². The number of hydrogen-bond donors (Lipinski definition) is 2. The van der Waals surface area contributed by atoms with Crippen molar-refractivity contribution < 1.29 is 14.0 Å². The van der Waals surface area contributed by atoms with Crippen LogP contribution in [0.3, 0.4) is 0 Å². The number of piperidine rings is 1. The maximum Gasteiger partial charge on any atom is 0.321 e. The van der Waals surface area contributed by atoms with Gasteiger partial charge in [-0.15, -0.1) is 0 Å². The van der Waals surface area contributed by atoms with Gasteiger partial charge in [0.15, 0.2) is 0 Å². The first-order valence-corrected chi connectivity index (χ1v) is 9.99. The van der Waals surface area contributed by atoms with Crippen LogP contribution in [0.15, 0.2) is 42.5 Å². The Morgan fingerprint density at radius 2 is 1.93 bits per heavy atom. The van der Waals surface area contributed by atoms with E-state index < -0.39 is 11.2 Å². The number of benzene rings is 2. The van der Waals surface area contributed by atoms with Gasteiger partial charge in [0.2, 0.25) is 5.91 Å². The first kappa shape index (κ1) is 21.1. The molecule has 0 spiro atoms. The van der Waals surface area contributed by atoms with Crippen molar-refractivity contribution in [1.82, 2.24) is 10.2 Å². The van der Waals surface area contributed by atoms with E-state index in [1.54, 1.807) is 4.90 Å². The zero-order chi connectivity index (χ0) is 21.0. The Kier molecular flexibility index (Phi) is 6.42. The normalized spacial score (nSPS) is 19.0. The third-order valence-corrected chi connectivity index (χ3v) is 5.57. The summed E-state index contributed by atoms with van der Waals surface area (Å²) < 4.78 is 13.3. The topological polar surface area (TPSA) is 61.4 Å². The van der Waals surface area contributed by atoms with Crippen molar-refractivity contribution in [2.24, 2.45) is 5.41 Å². The molecular formula is C22H25ClFN3O2. The number of carbonyl (C=O) groups excluding carboxylic acids is 2. The second-order valence-electron chi connectivity index (χ2n) is 7.81. The highest BCUT2D eigenvalue weighted by molar-refractivity contribution is 6.31. The molecule has 2 aromatic carbocycles. The molecule has 2 aromatic rings. The Bertz CT molecular complexity index is 903. The summed E-state index contributed by atoms with van der Waals surface area (Å²) in [5.41, 5.74) is 1.95. The summed E-state index contributed by atoms with van der Waals surface area (Å²) in [4.78, 5) is 27.1. The number of nitrogens with one attached hydrogen (secondary N) is 2. The lowest BCUT2D eigenvalue weighted by atomic mass is 9.81. The van der Waals surface area contributed by atoms with Crippen LogP contribution in [-0.2, 0) is 11.3 Å². The molecule has 0 saturated carbocycles. The molecule has 0 unspecified atom stereocenters. The van der Waals surface area contributed by atoms with Crippen molar-refractivity contribution >= 4 is 29.2 Å². The summed E-state index contributed by atoms with van der Waals surface area (Å²) >= 11 is 5.77. The number of rotatable bonds is 4. The summed E-state index contributed by atoms with van der Waals surface area (Å²) in [6.45, 7) is 5.22. The zero-order valence-electron chi connectivity index (χ0n) is 16.6. The first-order valence-electron chi connectivity index (χ1n) is 9.62. The molecule has 0 aromatic heterocycles. The van der Waals surface area contributed by atoms with Crippen LogP contribution in [0.5, 0.6) is 0 Å². The number of likely N-dealkylation sites (tertiary alicyclic amines) is 1. The van der Waals surface area contributed by atoms with Gasteiger partial charge in [0.1, 0.15) is 5.82 Å². The molecule has 3 amide bonds. The Labute approximate surface area is 175 Å². The van der Waals surface area contributed by atoms with Crippen LogP contribution in [0.1, 0.15) is 30.9 Å². The van der Waals surface area contributed by atoms with Gasteiger partial charge in [0, 0.05) is 25.3 Å². The van der Waals surface area contributed by atoms with Gasteiger partial charge in [-0.2, -0.15) is 0 Å². The molecule has 3 rings (SSSR count). The molecule has 2 N–H and O–H groups in total. The van der Waals surface area contributed by atoms with Crippen molar-refractivity contribution in [3.63, 3.8) is 0 Å². The van der Waals surface area contributed by atoms with Crippen molar-refractivity contribution in [2.75, 3.05) is 18.4 Å². The molecule has 1 heterocycles. The lowest BCUT2D eigenvalue weighted by Crippen LogP contribution is -2.52. The van der Waals surface area contributed by atoms with Gasteiger partial charge in [-0.3, -0.25) is 4.79 Å². The second-order valence-corrected chi connectivity index (χ2v) is 8.22. The van der Waals surface area contributed by atoms with Crippen LogP contribution in [0.2, 0.25) is 5.02 Å². The SMILES string of the molecule is Cc1ccc(CNC(=O)[C@@]2(C)CCCN(C(=O)Nc3ccc(F)c(Cl)c3)C2)cc1. The molecule has 1 saturated heterocycles. The maximum atomic E-state index is 13.3. The molecule has 0 aliphatic carbocycles. The molecule has 1 aliphatic heterocycles. The average Bonchev–Trinajstić information content (AvgIpc) is 2.70. The Morgan fingerprint density at radius 3 is 2.62 bits per heavy atom. The van der Waals surface area contributed by atoms with Crippen molar-refractivity contribution in [2.45, 2.75) is 33.2 Å². The van der Waals surface area contributed by atoms with E-state index in [0.717, 1.165) is 12.0 Å². The van der Waals surface area contributed by atoms with Crippen LogP contribution < -0.4 is 10.6 Å².